The molecule has 1 aliphatic heterocycles. The fraction of sp³-hybridized carbons (Fsp3) is 1.00. The summed E-state index contributed by atoms with van der Waals surface area (Å²) in [6, 6.07) is 0.544. The predicted molar refractivity (Wildman–Crippen MR) is 51.1 cm³/mol. The standard InChI is InChI=1S/C10H21NO/c1-8(2)10(3,12)7-9-5-4-6-11-9/h8-9,11-12H,4-7H2,1-3H3. The van der Waals surface area contributed by atoms with Crippen molar-refractivity contribution in [2.45, 2.75) is 51.7 Å². The van der Waals surface area contributed by atoms with Crippen LogP contribution in [0.4, 0.5) is 0 Å². The second-order valence-corrected chi connectivity index (χ2v) is 4.51. The number of rotatable bonds is 3. The van der Waals surface area contributed by atoms with Gasteiger partial charge in [-0.3, -0.25) is 0 Å². The molecule has 2 unspecified atom stereocenters. The lowest BCUT2D eigenvalue weighted by atomic mass is 9.86. The van der Waals surface area contributed by atoms with Gasteiger partial charge in [0.2, 0.25) is 0 Å². The molecule has 1 heterocycles. The summed E-state index contributed by atoms with van der Waals surface area (Å²) in [5.74, 6) is 0.347. The van der Waals surface area contributed by atoms with E-state index in [9.17, 15) is 5.11 Å². The van der Waals surface area contributed by atoms with Gasteiger partial charge in [0.1, 0.15) is 0 Å². The second-order valence-electron chi connectivity index (χ2n) is 4.51. The number of nitrogens with one attached hydrogen (secondary N) is 1. The molecule has 1 saturated heterocycles. The van der Waals surface area contributed by atoms with Crippen molar-refractivity contribution in [3.8, 4) is 0 Å². The van der Waals surface area contributed by atoms with Crippen LogP contribution < -0.4 is 5.32 Å². The van der Waals surface area contributed by atoms with Crippen LogP contribution in [-0.4, -0.2) is 23.3 Å². The minimum absolute atomic E-state index is 0.347. The molecular formula is C10H21NO. The van der Waals surface area contributed by atoms with Crippen molar-refractivity contribution in [2.75, 3.05) is 6.54 Å². The van der Waals surface area contributed by atoms with Crippen LogP contribution in [0.2, 0.25) is 0 Å². The highest BCUT2D eigenvalue weighted by Gasteiger charge is 2.29. The van der Waals surface area contributed by atoms with E-state index in [1.54, 1.807) is 0 Å². The summed E-state index contributed by atoms with van der Waals surface area (Å²) in [6.07, 6.45) is 3.38. The van der Waals surface area contributed by atoms with E-state index >= 15 is 0 Å². The van der Waals surface area contributed by atoms with Crippen molar-refractivity contribution in [2.24, 2.45) is 5.92 Å². The third-order valence-electron chi connectivity index (χ3n) is 3.07. The Hall–Kier alpha value is -0.0800. The zero-order valence-electron chi connectivity index (χ0n) is 8.43. The fourth-order valence-electron chi connectivity index (χ4n) is 1.67. The molecule has 2 N–H and O–H groups in total. The average Bonchev–Trinajstić information content (AvgIpc) is 2.38. The molecule has 0 bridgehead atoms. The molecule has 0 aromatic rings. The summed E-state index contributed by atoms with van der Waals surface area (Å²) in [5, 5.41) is 13.4. The maximum absolute atomic E-state index is 10.0. The van der Waals surface area contributed by atoms with Gasteiger partial charge in [-0.2, -0.15) is 0 Å². The van der Waals surface area contributed by atoms with Crippen LogP contribution in [0.3, 0.4) is 0 Å². The van der Waals surface area contributed by atoms with Gasteiger partial charge < -0.3 is 10.4 Å². The van der Waals surface area contributed by atoms with Crippen LogP contribution in [0.25, 0.3) is 0 Å². The molecule has 0 spiro atoms. The number of aliphatic hydroxyl groups is 1. The molecule has 1 aliphatic rings. The van der Waals surface area contributed by atoms with E-state index < -0.39 is 5.60 Å². The Bertz CT molecular complexity index is 137. The predicted octanol–water partition coefficient (Wildman–Crippen LogP) is 1.54. The zero-order valence-corrected chi connectivity index (χ0v) is 8.43. The van der Waals surface area contributed by atoms with Gasteiger partial charge >= 0.3 is 0 Å². The maximum atomic E-state index is 10.0. The molecule has 1 rings (SSSR count). The van der Waals surface area contributed by atoms with Gasteiger partial charge in [-0.05, 0) is 38.6 Å². The lowest BCUT2D eigenvalue weighted by Crippen LogP contribution is -2.38. The van der Waals surface area contributed by atoms with Crippen LogP contribution in [0.1, 0.15) is 40.0 Å². The zero-order chi connectivity index (χ0) is 9.19. The van der Waals surface area contributed by atoms with Crippen LogP contribution in [0.15, 0.2) is 0 Å². The summed E-state index contributed by atoms with van der Waals surface area (Å²) >= 11 is 0. The first-order chi connectivity index (χ1) is 5.52. The molecule has 0 aromatic carbocycles. The SMILES string of the molecule is CC(C)C(C)(O)CC1CCCN1. The minimum Gasteiger partial charge on any atom is -0.390 e. The molecule has 2 heteroatoms. The summed E-state index contributed by atoms with van der Waals surface area (Å²) < 4.78 is 0. The first-order valence-corrected chi connectivity index (χ1v) is 4.98. The third kappa shape index (κ3) is 2.46. The van der Waals surface area contributed by atoms with Crippen molar-refractivity contribution in [1.29, 1.82) is 0 Å². The topological polar surface area (TPSA) is 32.3 Å². The van der Waals surface area contributed by atoms with Gasteiger partial charge in [0.15, 0.2) is 0 Å². The van der Waals surface area contributed by atoms with Gasteiger partial charge in [0, 0.05) is 6.04 Å². The van der Waals surface area contributed by atoms with Crippen molar-refractivity contribution >= 4 is 0 Å². The van der Waals surface area contributed by atoms with Crippen molar-refractivity contribution in [3.05, 3.63) is 0 Å². The molecule has 0 aliphatic carbocycles. The van der Waals surface area contributed by atoms with E-state index in [0.29, 0.717) is 12.0 Å². The van der Waals surface area contributed by atoms with Gasteiger partial charge in [-0.1, -0.05) is 13.8 Å². The van der Waals surface area contributed by atoms with Crippen LogP contribution in [0, 0.1) is 5.92 Å². The Morgan fingerprint density at radius 3 is 2.67 bits per heavy atom. The number of hydrogen-bond donors (Lipinski definition) is 2. The molecule has 2 nitrogen and oxygen atoms in total. The summed E-state index contributed by atoms with van der Waals surface area (Å²) in [6.45, 7) is 7.22. The Labute approximate surface area is 75.4 Å². The highest BCUT2D eigenvalue weighted by atomic mass is 16.3. The first-order valence-electron chi connectivity index (χ1n) is 4.98. The lowest BCUT2D eigenvalue weighted by molar-refractivity contribution is -0.00207. The van der Waals surface area contributed by atoms with Crippen molar-refractivity contribution in [1.82, 2.24) is 5.32 Å². The molecule has 0 amide bonds. The van der Waals surface area contributed by atoms with Gasteiger partial charge in [-0.25, -0.2) is 0 Å². The van der Waals surface area contributed by atoms with E-state index in [1.165, 1.54) is 12.8 Å². The highest BCUT2D eigenvalue weighted by Crippen LogP contribution is 2.24. The molecule has 0 saturated carbocycles. The summed E-state index contributed by atoms with van der Waals surface area (Å²) in [5.41, 5.74) is -0.498. The van der Waals surface area contributed by atoms with Gasteiger partial charge in [-0.15, -0.1) is 0 Å². The minimum atomic E-state index is -0.498. The lowest BCUT2D eigenvalue weighted by Gasteiger charge is -2.30. The van der Waals surface area contributed by atoms with Crippen LogP contribution >= 0.6 is 0 Å². The Morgan fingerprint density at radius 2 is 2.25 bits per heavy atom. The van der Waals surface area contributed by atoms with E-state index in [4.69, 9.17) is 0 Å². The average molecular weight is 171 g/mol. The quantitative estimate of drug-likeness (QED) is 0.675. The Kier molecular flexibility index (Phi) is 3.13. The second kappa shape index (κ2) is 3.75. The van der Waals surface area contributed by atoms with Gasteiger partial charge in [0.25, 0.3) is 0 Å². The van der Waals surface area contributed by atoms with Crippen molar-refractivity contribution < 1.29 is 5.11 Å². The largest absolute Gasteiger partial charge is 0.390 e. The number of hydrogen-bond acceptors (Lipinski definition) is 2. The molecule has 2 atom stereocenters. The maximum Gasteiger partial charge on any atom is 0.0657 e. The first kappa shape index (κ1) is 10.0. The van der Waals surface area contributed by atoms with E-state index in [-0.39, 0.29) is 0 Å². The van der Waals surface area contributed by atoms with E-state index in [2.05, 4.69) is 19.2 Å². The fourth-order valence-corrected chi connectivity index (χ4v) is 1.67. The van der Waals surface area contributed by atoms with E-state index in [0.717, 1.165) is 13.0 Å². The monoisotopic (exact) mass is 171 g/mol. The van der Waals surface area contributed by atoms with Crippen LogP contribution in [0.5, 0.6) is 0 Å². The third-order valence-corrected chi connectivity index (χ3v) is 3.07. The van der Waals surface area contributed by atoms with E-state index in [1.807, 2.05) is 6.92 Å². The summed E-state index contributed by atoms with van der Waals surface area (Å²) in [7, 11) is 0. The smallest absolute Gasteiger partial charge is 0.0657 e. The molecule has 12 heavy (non-hydrogen) atoms. The van der Waals surface area contributed by atoms with Crippen molar-refractivity contribution in [3.63, 3.8) is 0 Å². The normalized spacial score (nSPS) is 29.2. The highest BCUT2D eigenvalue weighted by molar-refractivity contribution is 4.85. The molecule has 0 aromatic heterocycles. The Balaban J connectivity index is 2.37. The van der Waals surface area contributed by atoms with Crippen LogP contribution in [-0.2, 0) is 0 Å². The Morgan fingerprint density at radius 1 is 1.58 bits per heavy atom. The summed E-state index contributed by atoms with van der Waals surface area (Å²) in [4.78, 5) is 0. The molecule has 72 valence electrons. The molecule has 1 fully saturated rings. The molecule has 0 radical (unpaired) electrons. The van der Waals surface area contributed by atoms with Gasteiger partial charge in [0.05, 0.1) is 5.60 Å². The molecular weight excluding hydrogens is 150 g/mol.